The molecule has 1 saturated heterocycles. The van der Waals surface area contributed by atoms with Crippen LogP contribution < -0.4 is 5.32 Å². The Morgan fingerprint density at radius 1 is 0.432 bits per heavy atom. The fourth-order valence-electron chi connectivity index (χ4n) is 10.3. The van der Waals surface area contributed by atoms with Crippen molar-refractivity contribution in [3.8, 4) is 0 Å². The van der Waals surface area contributed by atoms with Crippen LogP contribution in [0.4, 0.5) is 0 Å². The summed E-state index contributed by atoms with van der Waals surface area (Å²) in [5.41, 5.74) is 0. The number of carbonyl (C=O) groups excluding carboxylic acids is 1. The molecular weight excluding hydrogens is 1010 g/mol. The predicted octanol–water partition coefficient (Wildman–Crippen LogP) is 18.3. The van der Waals surface area contributed by atoms with Crippen LogP contribution in [-0.4, -0.2) is 87.5 Å². The molecule has 1 fully saturated rings. The van der Waals surface area contributed by atoms with E-state index in [1.165, 1.54) is 199 Å². The maximum Gasteiger partial charge on any atom is 0.220 e. The van der Waals surface area contributed by atoms with Crippen molar-refractivity contribution in [1.29, 1.82) is 0 Å². The molecular formula is C72H127NO8. The summed E-state index contributed by atoms with van der Waals surface area (Å²) >= 11 is 0. The first-order chi connectivity index (χ1) is 39.8. The number of unbranched alkanes of at least 4 members (excludes halogenated alkanes) is 34. The van der Waals surface area contributed by atoms with Crippen molar-refractivity contribution in [3.05, 3.63) is 97.2 Å². The summed E-state index contributed by atoms with van der Waals surface area (Å²) in [6.45, 7) is 3.66. The third kappa shape index (κ3) is 49.1. The van der Waals surface area contributed by atoms with Crippen molar-refractivity contribution in [3.63, 3.8) is 0 Å². The Hall–Kier alpha value is -2.89. The van der Waals surface area contributed by atoms with Crippen molar-refractivity contribution in [2.45, 2.75) is 339 Å². The van der Waals surface area contributed by atoms with E-state index < -0.39 is 49.5 Å². The molecule has 0 bridgehead atoms. The summed E-state index contributed by atoms with van der Waals surface area (Å²) < 4.78 is 11.3. The molecule has 7 atom stereocenters. The van der Waals surface area contributed by atoms with Gasteiger partial charge in [0.1, 0.15) is 24.4 Å². The van der Waals surface area contributed by atoms with Gasteiger partial charge in [-0.25, -0.2) is 0 Å². The van der Waals surface area contributed by atoms with E-state index in [9.17, 15) is 30.3 Å². The van der Waals surface area contributed by atoms with E-state index in [1.807, 2.05) is 6.08 Å². The lowest BCUT2D eigenvalue weighted by Gasteiger charge is -2.40. The fraction of sp³-hybridized carbons (Fsp3) is 0.764. The number of hydrogen-bond donors (Lipinski definition) is 6. The van der Waals surface area contributed by atoms with Gasteiger partial charge in [-0.2, -0.15) is 0 Å². The highest BCUT2D eigenvalue weighted by atomic mass is 16.7. The van der Waals surface area contributed by atoms with Gasteiger partial charge in [0, 0.05) is 6.42 Å². The minimum atomic E-state index is -1.58. The second kappa shape index (κ2) is 60.2. The Morgan fingerprint density at radius 3 is 1.19 bits per heavy atom. The van der Waals surface area contributed by atoms with Gasteiger partial charge in [-0.1, -0.05) is 297 Å². The third-order valence-corrected chi connectivity index (χ3v) is 15.6. The summed E-state index contributed by atoms with van der Waals surface area (Å²) in [4.78, 5) is 13.1. The minimum absolute atomic E-state index is 0.189. The van der Waals surface area contributed by atoms with Gasteiger partial charge in [-0.3, -0.25) is 4.79 Å². The molecule has 9 nitrogen and oxygen atoms in total. The molecule has 1 amide bonds. The van der Waals surface area contributed by atoms with Gasteiger partial charge in [0.2, 0.25) is 5.91 Å². The van der Waals surface area contributed by atoms with E-state index in [1.54, 1.807) is 6.08 Å². The van der Waals surface area contributed by atoms with Gasteiger partial charge >= 0.3 is 0 Å². The molecule has 0 aliphatic carbocycles. The maximum atomic E-state index is 13.1. The summed E-state index contributed by atoms with van der Waals surface area (Å²) in [7, 11) is 0. The van der Waals surface area contributed by atoms with Crippen LogP contribution in [0.2, 0.25) is 0 Å². The summed E-state index contributed by atoms with van der Waals surface area (Å²) in [6, 6.07) is -0.832. The summed E-state index contributed by atoms with van der Waals surface area (Å²) in [5, 5.41) is 54.6. The second-order valence-electron chi connectivity index (χ2n) is 23.2. The molecule has 0 radical (unpaired) electrons. The zero-order valence-electron chi connectivity index (χ0n) is 52.3. The Labute approximate surface area is 498 Å². The molecule has 6 N–H and O–H groups in total. The van der Waals surface area contributed by atoms with Crippen LogP contribution in [0.3, 0.4) is 0 Å². The molecule has 0 aromatic carbocycles. The quantitative estimate of drug-likeness (QED) is 0.0261. The molecule has 1 aliphatic heterocycles. The first-order valence-corrected chi connectivity index (χ1v) is 34.0. The molecule has 7 unspecified atom stereocenters. The molecule has 9 heteroatoms. The van der Waals surface area contributed by atoms with Crippen molar-refractivity contribution < 1.29 is 39.8 Å². The zero-order chi connectivity index (χ0) is 58.6. The van der Waals surface area contributed by atoms with Crippen LogP contribution in [0.25, 0.3) is 0 Å². The third-order valence-electron chi connectivity index (χ3n) is 15.6. The number of aliphatic hydroxyl groups is 5. The number of aliphatic hydroxyl groups excluding tert-OH is 5. The standard InChI is InChI=1S/C72H127NO8/c1-3-5-7-9-11-13-15-17-19-21-23-25-26-27-28-29-30-31-32-33-34-35-36-37-38-39-40-42-44-46-48-50-52-54-56-58-60-62-68(76)73-65(64-80-72-71(79)70(78)69(77)67(63-74)81-72)66(75)61-59-57-55-53-51-49-47-45-43-41-24-22-20-18-16-14-12-10-8-6-4-2/h5,7,11,13,17,19,23,25,27-28,43,45,51,53,59,61,65-67,69-72,74-75,77-79H,3-4,6,8-10,12,14-16,18,20-22,24,26,29-42,44,46-50,52,54-58,60,62-64H2,1-2H3,(H,73,76)/b7-5-,13-11-,19-17-,25-23-,28-27-,45-43+,53-51+,61-59+. The van der Waals surface area contributed by atoms with Crippen molar-refractivity contribution in [2.24, 2.45) is 0 Å². The van der Waals surface area contributed by atoms with Gasteiger partial charge in [0.25, 0.3) is 0 Å². The lowest BCUT2D eigenvalue weighted by atomic mass is 9.99. The lowest BCUT2D eigenvalue weighted by molar-refractivity contribution is -0.302. The Bertz CT molecular complexity index is 1600. The summed E-state index contributed by atoms with van der Waals surface area (Å²) in [5.74, 6) is -0.189. The highest BCUT2D eigenvalue weighted by Crippen LogP contribution is 2.23. The topological polar surface area (TPSA) is 149 Å². The Morgan fingerprint density at radius 2 is 0.778 bits per heavy atom. The predicted molar refractivity (Wildman–Crippen MR) is 345 cm³/mol. The van der Waals surface area contributed by atoms with Gasteiger partial charge in [-0.15, -0.1) is 0 Å². The van der Waals surface area contributed by atoms with E-state index >= 15 is 0 Å². The SMILES string of the molecule is CC/C=C\C/C=C\C/C=C\C/C=C\C/C=C\CCCCCCCCCCCCCCCCCCCCCCCC(=O)NC(COC1OC(CO)C(O)C(O)C1O)C(O)/C=C/CC/C=C/CC/C=C/CCCCCCCCCCCCC. The molecule has 0 spiro atoms. The van der Waals surface area contributed by atoms with E-state index in [4.69, 9.17) is 9.47 Å². The fourth-order valence-corrected chi connectivity index (χ4v) is 10.3. The van der Waals surface area contributed by atoms with Gasteiger partial charge in [0.05, 0.1) is 25.4 Å². The van der Waals surface area contributed by atoms with Gasteiger partial charge in [0.15, 0.2) is 6.29 Å². The smallest absolute Gasteiger partial charge is 0.220 e. The molecule has 1 heterocycles. The average Bonchev–Trinajstić information content (AvgIpc) is 3.49. The minimum Gasteiger partial charge on any atom is -0.394 e. The second-order valence-corrected chi connectivity index (χ2v) is 23.2. The number of nitrogens with one attached hydrogen (secondary N) is 1. The first kappa shape index (κ1) is 76.1. The van der Waals surface area contributed by atoms with Crippen LogP contribution in [0.5, 0.6) is 0 Å². The number of carbonyl (C=O) groups is 1. The first-order valence-electron chi connectivity index (χ1n) is 34.0. The molecule has 0 aromatic rings. The van der Waals surface area contributed by atoms with Crippen LogP contribution in [0, 0.1) is 0 Å². The number of amides is 1. The van der Waals surface area contributed by atoms with Crippen LogP contribution >= 0.6 is 0 Å². The van der Waals surface area contributed by atoms with E-state index in [0.29, 0.717) is 6.42 Å². The average molecular weight is 1130 g/mol. The van der Waals surface area contributed by atoms with E-state index in [0.717, 1.165) is 77.0 Å². The molecule has 468 valence electrons. The highest BCUT2D eigenvalue weighted by Gasteiger charge is 2.44. The molecule has 1 aliphatic rings. The largest absolute Gasteiger partial charge is 0.394 e. The van der Waals surface area contributed by atoms with Crippen molar-refractivity contribution >= 4 is 5.91 Å². The number of hydrogen-bond acceptors (Lipinski definition) is 8. The monoisotopic (exact) mass is 1130 g/mol. The van der Waals surface area contributed by atoms with Crippen molar-refractivity contribution in [1.82, 2.24) is 5.32 Å². The molecule has 1 rings (SSSR count). The zero-order valence-corrected chi connectivity index (χ0v) is 52.3. The molecule has 0 saturated carbocycles. The van der Waals surface area contributed by atoms with Crippen molar-refractivity contribution in [2.75, 3.05) is 13.2 Å². The van der Waals surface area contributed by atoms with E-state index in [-0.39, 0.29) is 12.5 Å². The van der Waals surface area contributed by atoms with Gasteiger partial charge < -0.3 is 40.3 Å². The molecule has 81 heavy (non-hydrogen) atoms. The summed E-state index contributed by atoms with van der Waals surface area (Å²) in [6.07, 6.45) is 80.8. The normalized spacial score (nSPS) is 19.0. The number of allylic oxidation sites excluding steroid dienone is 15. The number of ether oxygens (including phenoxy) is 2. The Balaban J connectivity index is 2.12. The maximum absolute atomic E-state index is 13.1. The highest BCUT2D eigenvalue weighted by molar-refractivity contribution is 5.76. The Kier molecular flexibility index (Phi) is 56.6. The van der Waals surface area contributed by atoms with Crippen LogP contribution in [0.1, 0.15) is 296 Å². The van der Waals surface area contributed by atoms with Gasteiger partial charge in [-0.05, 0) is 89.9 Å². The molecule has 0 aromatic heterocycles. The lowest BCUT2D eigenvalue weighted by Crippen LogP contribution is -2.60. The van der Waals surface area contributed by atoms with E-state index in [2.05, 4.69) is 104 Å². The number of rotatable bonds is 58. The van der Waals surface area contributed by atoms with Crippen LogP contribution in [0.15, 0.2) is 97.2 Å². The van der Waals surface area contributed by atoms with Crippen LogP contribution in [-0.2, 0) is 14.3 Å².